The number of hydrogen-bond donors (Lipinski definition) is 1. The predicted molar refractivity (Wildman–Crippen MR) is 128 cm³/mol. The Hall–Kier alpha value is -3.93. The number of fused-ring (bicyclic) bond motifs is 1. The molecule has 0 saturated heterocycles. The molecule has 6 nitrogen and oxygen atoms in total. The zero-order chi connectivity index (χ0) is 22.7. The molecule has 1 aromatic heterocycles. The monoisotopic (exact) mass is 426 g/mol. The highest BCUT2D eigenvalue weighted by molar-refractivity contribution is 5.89. The molecule has 0 fully saturated rings. The fourth-order valence-corrected chi connectivity index (χ4v) is 3.77. The first-order valence-corrected chi connectivity index (χ1v) is 10.7. The topological polar surface area (TPSA) is 67.2 Å². The van der Waals surface area contributed by atoms with Crippen LogP contribution in [0.15, 0.2) is 83.7 Å². The van der Waals surface area contributed by atoms with Crippen molar-refractivity contribution in [2.24, 2.45) is 0 Å². The van der Waals surface area contributed by atoms with Crippen LogP contribution in [0.3, 0.4) is 0 Å². The van der Waals surface area contributed by atoms with Crippen molar-refractivity contribution in [1.82, 2.24) is 14.5 Å². The number of benzene rings is 3. The molecule has 0 aliphatic heterocycles. The molecule has 0 bridgehead atoms. The van der Waals surface area contributed by atoms with Crippen LogP contribution in [0.1, 0.15) is 31.3 Å². The zero-order valence-corrected chi connectivity index (χ0v) is 18.4. The second-order valence-corrected chi connectivity index (χ2v) is 7.69. The van der Waals surface area contributed by atoms with Gasteiger partial charge in [0.05, 0.1) is 22.6 Å². The van der Waals surface area contributed by atoms with E-state index in [9.17, 15) is 9.59 Å². The van der Waals surface area contributed by atoms with Crippen molar-refractivity contribution in [3.63, 3.8) is 0 Å². The Balaban J connectivity index is 1.83. The Morgan fingerprint density at radius 1 is 1.00 bits per heavy atom. The molecule has 162 valence electrons. The van der Waals surface area contributed by atoms with E-state index in [1.54, 1.807) is 22.6 Å². The standard InChI is InChI=1S/C26H26N4O2/c1-4-19-12-8-11-17-23(19)30-24(28-22-16-10-9-15-21(22)25(30)31)18(2)29(3)26(32)27-20-13-6-5-7-14-20/h5-18H,4H2,1-3H3,(H,27,32). The highest BCUT2D eigenvalue weighted by atomic mass is 16.2. The lowest BCUT2D eigenvalue weighted by molar-refractivity contribution is 0.205. The van der Waals surface area contributed by atoms with Gasteiger partial charge in [-0.15, -0.1) is 0 Å². The number of hydrogen-bond acceptors (Lipinski definition) is 3. The molecule has 0 spiro atoms. The van der Waals surface area contributed by atoms with Crippen LogP contribution in [0.5, 0.6) is 0 Å². The van der Waals surface area contributed by atoms with Gasteiger partial charge >= 0.3 is 6.03 Å². The first kappa shape index (κ1) is 21.3. The maximum atomic E-state index is 13.6. The molecular formula is C26H26N4O2. The Bertz CT molecular complexity index is 1310. The van der Waals surface area contributed by atoms with E-state index in [4.69, 9.17) is 4.98 Å². The number of para-hydroxylation sites is 3. The molecule has 1 unspecified atom stereocenters. The molecule has 1 N–H and O–H groups in total. The molecule has 32 heavy (non-hydrogen) atoms. The fraction of sp³-hybridized carbons (Fsp3) is 0.192. The Morgan fingerprint density at radius 2 is 1.66 bits per heavy atom. The quantitative estimate of drug-likeness (QED) is 0.479. The normalized spacial score (nSPS) is 11.8. The smallest absolute Gasteiger partial charge is 0.318 e. The lowest BCUT2D eigenvalue weighted by Gasteiger charge is -2.27. The van der Waals surface area contributed by atoms with Crippen LogP contribution in [0, 0.1) is 0 Å². The first-order valence-electron chi connectivity index (χ1n) is 10.7. The summed E-state index contributed by atoms with van der Waals surface area (Å²) >= 11 is 0. The third-order valence-electron chi connectivity index (χ3n) is 5.72. The summed E-state index contributed by atoms with van der Waals surface area (Å²) in [5.74, 6) is 0.514. The number of anilines is 1. The highest BCUT2D eigenvalue weighted by Gasteiger charge is 2.25. The minimum atomic E-state index is -0.457. The number of nitrogens with zero attached hydrogens (tertiary/aromatic N) is 3. The summed E-state index contributed by atoms with van der Waals surface area (Å²) in [4.78, 5) is 33.0. The van der Waals surface area contributed by atoms with Gasteiger partial charge < -0.3 is 10.2 Å². The largest absolute Gasteiger partial charge is 0.322 e. The van der Waals surface area contributed by atoms with Gasteiger partial charge in [-0.2, -0.15) is 0 Å². The first-order chi connectivity index (χ1) is 15.5. The Kier molecular flexibility index (Phi) is 6.03. The van der Waals surface area contributed by atoms with E-state index in [0.29, 0.717) is 22.4 Å². The van der Waals surface area contributed by atoms with Crippen molar-refractivity contribution in [3.8, 4) is 5.69 Å². The third-order valence-corrected chi connectivity index (χ3v) is 5.72. The van der Waals surface area contributed by atoms with Crippen LogP contribution >= 0.6 is 0 Å². The van der Waals surface area contributed by atoms with E-state index in [1.165, 1.54) is 0 Å². The van der Waals surface area contributed by atoms with Gasteiger partial charge in [0, 0.05) is 12.7 Å². The number of carbonyl (C=O) groups is 1. The van der Waals surface area contributed by atoms with E-state index in [2.05, 4.69) is 12.2 Å². The van der Waals surface area contributed by atoms with Crippen LogP contribution in [-0.2, 0) is 6.42 Å². The second-order valence-electron chi connectivity index (χ2n) is 7.69. The molecule has 3 aromatic carbocycles. The van der Waals surface area contributed by atoms with Gasteiger partial charge in [-0.3, -0.25) is 9.36 Å². The molecule has 0 aliphatic rings. The van der Waals surface area contributed by atoms with E-state index in [-0.39, 0.29) is 11.6 Å². The molecule has 4 rings (SSSR count). The fourth-order valence-electron chi connectivity index (χ4n) is 3.77. The van der Waals surface area contributed by atoms with Crippen molar-refractivity contribution in [2.75, 3.05) is 12.4 Å². The number of amides is 2. The predicted octanol–water partition coefficient (Wildman–Crippen LogP) is 5.17. The number of aromatic nitrogens is 2. The molecular weight excluding hydrogens is 400 g/mol. The minimum Gasteiger partial charge on any atom is -0.318 e. The van der Waals surface area contributed by atoms with E-state index < -0.39 is 6.04 Å². The molecule has 0 saturated carbocycles. The number of aryl methyl sites for hydroxylation is 1. The average molecular weight is 427 g/mol. The summed E-state index contributed by atoms with van der Waals surface area (Å²) in [6, 6.07) is 23.7. The number of urea groups is 1. The summed E-state index contributed by atoms with van der Waals surface area (Å²) in [6.45, 7) is 3.94. The molecule has 2 amide bonds. The van der Waals surface area contributed by atoms with E-state index >= 15 is 0 Å². The Morgan fingerprint density at radius 3 is 2.41 bits per heavy atom. The zero-order valence-electron chi connectivity index (χ0n) is 18.4. The van der Waals surface area contributed by atoms with Crippen molar-refractivity contribution in [3.05, 3.63) is 101 Å². The van der Waals surface area contributed by atoms with E-state index in [1.807, 2.05) is 79.7 Å². The molecule has 0 aliphatic carbocycles. The number of carbonyl (C=O) groups excluding carboxylic acids is 1. The number of rotatable bonds is 5. The van der Waals surface area contributed by atoms with E-state index in [0.717, 1.165) is 17.7 Å². The molecule has 0 radical (unpaired) electrons. The molecule has 4 aromatic rings. The van der Waals surface area contributed by atoms with Gasteiger partial charge in [0.1, 0.15) is 5.82 Å². The van der Waals surface area contributed by atoms with Crippen LogP contribution in [0.2, 0.25) is 0 Å². The van der Waals surface area contributed by atoms with Crippen LogP contribution < -0.4 is 10.9 Å². The molecule has 1 heterocycles. The third kappa shape index (κ3) is 3.99. The SMILES string of the molecule is CCc1ccccc1-n1c(C(C)N(C)C(=O)Nc2ccccc2)nc2ccccc2c1=O. The average Bonchev–Trinajstić information content (AvgIpc) is 2.83. The maximum absolute atomic E-state index is 13.6. The summed E-state index contributed by atoms with van der Waals surface area (Å²) in [7, 11) is 1.71. The number of nitrogens with one attached hydrogen (secondary N) is 1. The highest BCUT2D eigenvalue weighted by Crippen LogP contribution is 2.24. The summed E-state index contributed by atoms with van der Waals surface area (Å²) < 4.78 is 1.65. The van der Waals surface area contributed by atoms with Gasteiger partial charge in [0.2, 0.25) is 0 Å². The van der Waals surface area contributed by atoms with Gasteiger partial charge in [0.15, 0.2) is 0 Å². The van der Waals surface area contributed by atoms with Gasteiger partial charge in [-0.1, -0.05) is 55.5 Å². The van der Waals surface area contributed by atoms with Crippen molar-refractivity contribution in [1.29, 1.82) is 0 Å². The minimum absolute atomic E-state index is 0.143. The van der Waals surface area contributed by atoms with Gasteiger partial charge in [-0.25, -0.2) is 9.78 Å². The van der Waals surface area contributed by atoms with Crippen molar-refractivity contribution in [2.45, 2.75) is 26.3 Å². The maximum Gasteiger partial charge on any atom is 0.322 e. The van der Waals surface area contributed by atoms with Crippen molar-refractivity contribution >= 4 is 22.6 Å². The molecule has 6 heteroatoms. The lowest BCUT2D eigenvalue weighted by Crippen LogP contribution is -2.37. The van der Waals surface area contributed by atoms with Crippen LogP contribution in [0.25, 0.3) is 16.6 Å². The molecule has 1 atom stereocenters. The lowest BCUT2D eigenvalue weighted by atomic mass is 10.1. The second kappa shape index (κ2) is 9.06. The summed E-state index contributed by atoms with van der Waals surface area (Å²) in [5, 5.41) is 3.44. The Labute approximate surface area is 187 Å². The summed E-state index contributed by atoms with van der Waals surface area (Å²) in [5.41, 5.74) is 3.00. The van der Waals surface area contributed by atoms with Crippen LogP contribution in [0.4, 0.5) is 10.5 Å². The van der Waals surface area contributed by atoms with Crippen LogP contribution in [-0.4, -0.2) is 27.5 Å². The van der Waals surface area contributed by atoms with Gasteiger partial charge in [0.25, 0.3) is 5.56 Å². The van der Waals surface area contributed by atoms with Gasteiger partial charge in [-0.05, 0) is 49.2 Å². The van der Waals surface area contributed by atoms with Crippen molar-refractivity contribution < 1.29 is 4.79 Å². The summed E-state index contributed by atoms with van der Waals surface area (Å²) in [6.07, 6.45) is 0.771.